The van der Waals surface area contributed by atoms with Crippen LogP contribution in [0.4, 0.5) is 0 Å². The van der Waals surface area contributed by atoms with Crippen LogP contribution in [0.25, 0.3) is 0 Å². The Morgan fingerprint density at radius 3 is 1.96 bits per heavy atom. The smallest absolute Gasteiger partial charge is 0.254 e. The molecule has 1 aliphatic heterocycles. The van der Waals surface area contributed by atoms with Gasteiger partial charge in [0.15, 0.2) is 0 Å². The number of halogens is 2. The number of hydrogen-bond donors (Lipinski definition) is 0. The Hall–Kier alpha value is -1.26. The van der Waals surface area contributed by atoms with Gasteiger partial charge in [-0.3, -0.25) is 9.59 Å². The molecule has 0 radical (unpaired) electrons. The minimum Gasteiger partial charge on any atom is -0.339 e. The van der Waals surface area contributed by atoms with E-state index in [9.17, 15) is 9.59 Å². The van der Waals surface area contributed by atoms with E-state index >= 15 is 0 Å². The molecule has 23 heavy (non-hydrogen) atoms. The number of benzene rings is 1. The molecule has 0 unspecified atom stereocenters. The van der Waals surface area contributed by atoms with Gasteiger partial charge < -0.3 is 9.80 Å². The average Bonchev–Trinajstić information content (AvgIpc) is 2.52. The summed E-state index contributed by atoms with van der Waals surface area (Å²) in [6.07, 6.45) is 0.798. The van der Waals surface area contributed by atoms with Crippen molar-refractivity contribution >= 4 is 35.0 Å². The molecule has 2 rings (SSSR count). The highest BCUT2D eigenvalue weighted by Gasteiger charge is 2.33. The molecule has 0 bridgehead atoms. The van der Waals surface area contributed by atoms with Crippen molar-refractivity contribution in [1.29, 1.82) is 0 Å². The van der Waals surface area contributed by atoms with Crippen molar-refractivity contribution in [3.05, 3.63) is 33.8 Å². The molecule has 0 saturated carbocycles. The van der Waals surface area contributed by atoms with Crippen LogP contribution in [-0.2, 0) is 4.79 Å². The Labute approximate surface area is 147 Å². The van der Waals surface area contributed by atoms with Crippen LogP contribution < -0.4 is 0 Å². The van der Waals surface area contributed by atoms with E-state index in [0.29, 0.717) is 41.8 Å². The molecular formula is C17H22Cl2N2O2. The van der Waals surface area contributed by atoms with Crippen LogP contribution in [0, 0.1) is 5.41 Å². The molecular weight excluding hydrogens is 335 g/mol. The second kappa shape index (κ2) is 7.10. The maximum atomic E-state index is 12.5. The van der Waals surface area contributed by atoms with Crippen LogP contribution in [0.1, 0.15) is 37.6 Å². The van der Waals surface area contributed by atoms with E-state index < -0.39 is 0 Å². The summed E-state index contributed by atoms with van der Waals surface area (Å²) in [7, 11) is 0. The van der Waals surface area contributed by atoms with E-state index in [4.69, 9.17) is 23.2 Å². The fourth-order valence-corrected chi connectivity index (χ4v) is 3.08. The van der Waals surface area contributed by atoms with E-state index in [2.05, 4.69) is 0 Å². The lowest BCUT2D eigenvalue weighted by Crippen LogP contribution is -2.53. The van der Waals surface area contributed by atoms with Crippen LogP contribution in [0.2, 0.25) is 10.0 Å². The van der Waals surface area contributed by atoms with Gasteiger partial charge in [-0.2, -0.15) is 0 Å². The molecule has 1 aliphatic rings. The molecule has 2 amide bonds. The monoisotopic (exact) mass is 356 g/mol. The molecule has 0 aliphatic carbocycles. The highest BCUT2D eigenvalue weighted by molar-refractivity contribution is 6.35. The predicted octanol–water partition coefficient (Wildman–Crippen LogP) is 3.71. The number of hydrogen-bond acceptors (Lipinski definition) is 2. The van der Waals surface area contributed by atoms with Crippen LogP contribution in [-0.4, -0.2) is 47.8 Å². The largest absolute Gasteiger partial charge is 0.339 e. The van der Waals surface area contributed by atoms with E-state index in [1.807, 2.05) is 25.7 Å². The molecule has 126 valence electrons. The summed E-state index contributed by atoms with van der Waals surface area (Å²) >= 11 is 11.9. The molecule has 6 heteroatoms. The second-order valence-electron chi connectivity index (χ2n) is 6.48. The zero-order chi connectivity index (χ0) is 17.2. The van der Waals surface area contributed by atoms with Crippen LogP contribution in [0.3, 0.4) is 0 Å². The van der Waals surface area contributed by atoms with Gasteiger partial charge in [-0.1, -0.05) is 44.0 Å². The first-order valence-corrected chi connectivity index (χ1v) is 8.55. The molecule has 0 aromatic heterocycles. The molecule has 1 aromatic rings. The van der Waals surface area contributed by atoms with Crippen molar-refractivity contribution in [1.82, 2.24) is 9.80 Å². The van der Waals surface area contributed by atoms with Crippen LogP contribution in [0.15, 0.2) is 18.2 Å². The highest BCUT2D eigenvalue weighted by Crippen LogP contribution is 2.24. The normalized spacial score (nSPS) is 15.7. The van der Waals surface area contributed by atoms with E-state index in [0.717, 1.165) is 6.42 Å². The summed E-state index contributed by atoms with van der Waals surface area (Å²) in [5.41, 5.74) is 0.128. The van der Waals surface area contributed by atoms with Gasteiger partial charge in [0.25, 0.3) is 5.91 Å². The minimum absolute atomic E-state index is 0.101. The topological polar surface area (TPSA) is 40.6 Å². The van der Waals surface area contributed by atoms with Gasteiger partial charge in [0.1, 0.15) is 0 Å². The predicted molar refractivity (Wildman–Crippen MR) is 93.0 cm³/mol. The number of carbonyl (C=O) groups excluding carboxylic acids is 2. The third kappa shape index (κ3) is 4.18. The van der Waals surface area contributed by atoms with Gasteiger partial charge in [0.2, 0.25) is 5.91 Å². The van der Waals surface area contributed by atoms with E-state index in [1.54, 1.807) is 23.1 Å². The zero-order valence-corrected chi connectivity index (χ0v) is 15.2. The summed E-state index contributed by atoms with van der Waals surface area (Å²) < 4.78 is 0. The summed E-state index contributed by atoms with van der Waals surface area (Å²) in [4.78, 5) is 28.6. The zero-order valence-electron chi connectivity index (χ0n) is 13.7. The lowest BCUT2D eigenvalue weighted by Gasteiger charge is -2.38. The fourth-order valence-electron chi connectivity index (χ4n) is 2.55. The maximum absolute atomic E-state index is 12.5. The van der Waals surface area contributed by atoms with Crippen LogP contribution in [0.5, 0.6) is 0 Å². The number of carbonyl (C=O) groups is 2. The number of rotatable bonds is 3. The van der Waals surface area contributed by atoms with Crippen molar-refractivity contribution in [2.24, 2.45) is 5.41 Å². The molecule has 1 heterocycles. The molecule has 1 fully saturated rings. The standard InChI is InChI=1S/C17H22Cl2N2O2/c1-4-17(2,3)16(23)21-7-5-20(6-8-21)15(22)12-9-13(18)11-14(19)10-12/h9-11H,4-8H2,1-3H3. The number of nitrogens with zero attached hydrogens (tertiary/aromatic N) is 2. The molecule has 1 saturated heterocycles. The summed E-state index contributed by atoms with van der Waals surface area (Å²) in [6, 6.07) is 4.84. The van der Waals surface area contributed by atoms with Gasteiger partial charge in [-0.25, -0.2) is 0 Å². The molecule has 4 nitrogen and oxygen atoms in total. The molecule has 0 atom stereocenters. The minimum atomic E-state index is -0.355. The molecule has 1 aromatic carbocycles. The van der Waals surface area contributed by atoms with Crippen molar-refractivity contribution in [2.45, 2.75) is 27.2 Å². The maximum Gasteiger partial charge on any atom is 0.254 e. The fraction of sp³-hybridized carbons (Fsp3) is 0.529. The lowest BCUT2D eigenvalue weighted by molar-refractivity contribution is -0.142. The van der Waals surface area contributed by atoms with Crippen molar-refractivity contribution in [3.8, 4) is 0 Å². The van der Waals surface area contributed by atoms with Crippen molar-refractivity contribution in [2.75, 3.05) is 26.2 Å². The van der Waals surface area contributed by atoms with Crippen LogP contribution >= 0.6 is 23.2 Å². The first kappa shape index (κ1) is 18.1. The number of piperazine rings is 1. The Bertz CT molecular complexity index is 588. The van der Waals surface area contributed by atoms with Gasteiger partial charge >= 0.3 is 0 Å². The van der Waals surface area contributed by atoms with E-state index in [-0.39, 0.29) is 17.2 Å². The summed E-state index contributed by atoms with van der Waals surface area (Å²) in [5.74, 6) is 0.0501. The first-order chi connectivity index (χ1) is 10.7. The highest BCUT2D eigenvalue weighted by atomic mass is 35.5. The average molecular weight is 357 g/mol. The third-order valence-electron chi connectivity index (χ3n) is 4.43. The molecule has 0 spiro atoms. The van der Waals surface area contributed by atoms with Gasteiger partial charge in [-0.15, -0.1) is 0 Å². The second-order valence-corrected chi connectivity index (χ2v) is 7.35. The Balaban J connectivity index is 2.01. The quantitative estimate of drug-likeness (QED) is 0.827. The van der Waals surface area contributed by atoms with E-state index in [1.165, 1.54) is 0 Å². The lowest BCUT2D eigenvalue weighted by atomic mass is 9.88. The summed E-state index contributed by atoms with van der Waals surface area (Å²) in [5, 5.41) is 0.888. The summed E-state index contributed by atoms with van der Waals surface area (Å²) in [6.45, 7) is 8.09. The van der Waals surface area contributed by atoms with Crippen molar-refractivity contribution < 1.29 is 9.59 Å². The third-order valence-corrected chi connectivity index (χ3v) is 4.86. The van der Waals surface area contributed by atoms with Gasteiger partial charge in [0, 0.05) is 47.2 Å². The molecule has 0 N–H and O–H groups in total. The van der Waals surface area contributed by atoms with Crippen molar-refractivity contribution in [3.63, 3.8) is 0 Å². The number of amides is 2. The first-order valence-electron chi connectivity index (χ1n) is 7.79. The van der Waals surface area contributed by atoms with Gasteiger partial charge in [0.05, 0.1) is 0 Å². The Morgan fingerprint density at radius 1 is 1.00 bits per heavy atom. The Kier molecular flexibility index (Phi) is 5.58. The SMILES string of the molecule is CCC(C)(C)C(=O)N1CCN(C(=O)c2cc(Cl)cc(Cl)c2)CC1. The van der Waals surface area contributed by atoms with Gasteiger partial charge in [-0.05, 0) is 24.6 Å². The Morgan fingerprint density at radius 2 is 1.48 bits per heavy atom.